The van der Waals surface area contributed by atoms with Crippen molar-refractivity contribution >= 4 is 0 Å². The van der Waals surface area contributed by atoms with Gasteiger partial charge in [-0.25, -0.2) is 0 Å². The smallest absolute Gasteiger partial charge is 0.000687 e. The van der Waals surface area contributed by atoms with Gasteiger partial charge in [-0.15, -0.1) is 0 Å². The highest BCUT2D eigenvalue weighted by Gasteiger charge is 2.31. The van der Waals surface area contributed by atoms with E-state index in [1.54, 1.807) is 0 Å². The van der Waals surface area contributed by atoms with Crippen LogP contribution in [0, 0.1) is 11.3 Å². The maximum Gasteiger partial charge on any atom is -0.000687 e. The molecule has 1 unspecified atom stereocenters. The monoisotopic (exact) mass is 254 g/mol. The topological polar surface area (TPSA) is 15.3 Å². The zero-order valence-corrected chi connectivity index (χ0v) is 13.1. The largest absolute Gasteiger partial charge is 0.316 e. The first-order valence-corrected chi connectivity index (χ1v) is 8.03. The van der Waals surface area contributed by atoms with Crippen molar-refractivity contribution in [2.45, 2.75) is 59.8 Å². The molecular formula is C16H34N2. The summed E-state index contributed by atoms with van der Waals surface area (Å²) in [5.74, 6) is 0.889. The number of hydrogen-bond acceptors (Lipinski definition) is 2. The molecule has 0 aliphatic heterocycles. The van der Waals surface area contributed by atoms with Crippen molar-refractivity contribution in [3.63, 3.8) is 0 Å². The van der Waals surface area contributed by atoms with Crippen LogP contribution in [0.5, 0.6) is 0 Å². The molecule has 0 heterocycles. The van der Waals surface area contributed by atoms with Crippen molar-refractivity contribution in [2.24, 2.45) is 11.3 Å². The fourth-order valence-corrected chi connectivity index (χ4v) is 3.19. The Morgan fingerprint density at radius 1 is 1.17 bits per heavy atom. The summed E-state index contributed by atoms with van der Waals surface area (Å²) in [4.78, 5) is 2.51. The van der Waals surface area contributed by atoms with Crippen molar-refractivity contribution in [1.82, 2.24) is 10.2 Å². The average Bonchev–Trinajstić information content (AvgIpc) is 2.35. The molecule has 0 aromatic rings. The van der Waals surface area contributed by atoms with Crippen LogP contribution in [0.25, 0.3) is 0 Å². The van der Waals surface area contributed by atoms with Crippen LogP contribution in [-0.4, -0.2) is 37.6 Å². The molecule has 0 amide bonds. The van der Waals surface area contributed by atoms with Gasteiger partial charge in [0.1, 0.15) is 0 Å². The molecule has 2 heteroatoms. The molecule has 1 N–H and O–H groups in total. The normalized spacial score (nSPS) is 23.5. The van der Waals surface area contributed by atoms with Crippen LogP contribution in [0.15, 0.2) is 0 Å². The Morgan fingerprint density at radius 2 is 1.89 bits per heavy atom. The maximum atomic E-state index is 3.69. The fourth-order valence-electron chi connectivity index (χ4n) is 3.19. The lowest BCUT2D eigenvalue weighted by atomic mass is 9.69. The van der Waals surface area contributed by atoms with Gasteiger partial charge in [-0.2, -0.15) is 0 Å². The second-order valence-electron chi connectivity index (χ2n) is 6.52. The lowest BCUT2D eigenvalue weighted by Crippen LogP contribution is -2.37. The summed E-state index contributed by atoms with van der Waals surface area (Å²) in [5, 5.41) is 3.69. The first-order chi connectivity index (χ1) is 8.60. The van der Waals surface area contributed by atoms with Gasteiger partial charge in [-0.3, -0.25) is 0 Å². The molecule has 1 aliphatic rings. The van der Waals surface area contributed by atoms with Gasteiger partial charge < -0.3 is 10.2 Å². The Kier molecular flexibility index (Phi) is 7.25. The quantitative estimate of drug-likeness (QED) is 0.667. The van der Waals surface area contributed by atoms with Gasteiger partial charge in [0.2, 0.25) is 0 Å². The predicted molar refractivity (Wildman–Crippen MR) is 81.0 cm³/mol. The van der Waals surface area contributed by atoms with Crippen LogP contribution < -0.4 is 5.32 Å². The van der Waals surface area contributed by atoms with Gasteiger partial charge in [0.25, 0.3) is 0 Å². The van der Waals surface area contributed by atoms with Crippen LogP contribution >= 0.6 is 0 Å². The molecule has 0 aromatic carbocycles. The van der Waals surface area contributed by atoms with Crippen molar-refractivity contribution in [2.75, 3.05) is 32.7 Å². The number of hydrogen-bond donors (Lipinski definition) is 1. The van der Waals surface area contributed by atoms with Gasteiger partial charge in [0.15, 0.2) is 0 Å². The lowest BCUT2D eigenvalue weighted by molar-refractivity contribution is 0.135. The fraction of sp³-hybridized carbons (Fsp3) is 1.00. The SMILES string of the molecule is CCN(CC)CCCNCC1CCCCC1(C)C. The number of nitrogens with zero attached hydrogens (tertiary/aromatic N) is 1. The highest BCUT2D eigenvalue weighted by atomic mass is 15.1. The van der Waals surface area contributed by atoms with E-state index in [2.05, 4.69) is 37.9 Å². The molecule has 1 saturated carbocycles. The summed E-state index contributed by atoms with van der Waals surface area (Å²) >= 11 is 0. The van der Waals surface area contributed by atoms with Crippen molar-refractivity contribution < 1.29 is 0 Å². The van der Waals surface area contributed by atoms with E-state index >= 15 is 0 Å². The molecule has 1 aliphatic carbocycles. The van der Waals surface area contributed by atoms with E-state index in [9.17, 15) is 0 Å². The van der Waals surface area contributed by atoms with Gasteiger partial charge >= 0.3 is 0 Å². The summed E-state index contributed by atoms with van der Waals surface area (Å²) in [6.45, 7) is 15.4. The lowest BCUT2D eigenvalue weighted by Gasteiger charge is -2.39. The van der Waals surface area contributed by atoms with E-state index in [4.69, 9.17) is 0 Å². The Hall–Kier alpha value is -0.0800. The second-order valence-corrected chi connectivity index (χ2v) is 6.52. The molecule has 1 atom stereocenters. The van der Waals surface area contributed by atoms with E-state index in [0.29, 0.717) is 5.41 Å². The number of rotatable bonds is 8. The van der Waals surface area contributed by atoms with E-state index in [1.165, 1.54) is 64.8 Å². The summed E-state index contributed by atoms with van der Waals surface area (Å²) in [6, 6.07) is 0. The first-order valence-electron chi connectivity index (χ1n) is 8.03. The Labute approximate surface area is 115 Å². The minimum absolute atomic E-state index is 0.560. The maximum absolute atomic E-state index is 3.69. The third-order valence-corrected chi connectivity index (χ3v) is 4.84. The van der Waals surface area contributed by atoms with Gasteiger partial charge in [0.05, 0.1) is 0 Å². The zero-order chi connectivity index (χ0) is 13.4. The van der Waals surface area contributed by atoms with Crippen LogP contribution in [0.1, 0.15) is 59.8 Å². The summed E-state index contributed by atoms with van der Waals surface area (Å²) in [6.07, 6.45) is 7.00. The van der Waals surface area contributed by atoms with Crippen molar-refractivity contribution in [3.8, 4) is 0 Å². The van der Waals surface area contributed by atoms with Gasteiger partial charge in [-0.1, -0.05) is 40.5 Å². The molecule has 0 bridgehead atoms. The molecule has 0 spiro atoms. The molecule has 108 valence electrons. The van der Waals surface area contributed by atoms with Crippen LogP contribution in [0.2, 0.25) is 0 Å². The Bertz CT molecular complexity index is 209. The Morgan fingerprint density at radius 3 is 2.50 bits per heavy atom. The predicted octanol–water partition coefficient (Wildman–Crippen LogP) is 3.52. The summed E-state index contributed by atoms with van der Waals surface area (Å²) in [5.41, 5.74) is 0.560. The van der Waals surface area contributed by atoms with Crippen molar-refractivity contribution in [3.05, 3.63) is 0 Å². The zero-order valence-electron chi connectivity index (χ0n) is 13.1. The number of nitrogens with one attached hydrogen (secondary N) is 1. The van der Waals surface area contributed by atoms with E-state index in [0.717, 1.165) is 5.92 Å². The average molecular weight is 254 g/mol. The summed E-state index contributed by atoms with van der Waals surface area (Å²) < 4.78 is 0. The molecule has 0 aromatic heterocycles. The van der Waals surface area contributed by atoms with Crippen LogP contribution in [0.3, 0.4) is 0 Å². The minimum atomic E-state index is 0.560. The minimum Gasteiger partial charge on any atom is -0.316 e. The van der Waals surface area contributed by atoms with Crippen LogP contribution in [0.4, 0.5) is 0 Å². The molecule has 0 saturated heterocycles. The van der Waals surface area contributed by atoms with Crippen molar-refractivity contribution in [1.29, 1.82) is 0 Å². The molecule has 18 heavy (non-hydrogen) atoms. The highest BCUT2D eigenvalue weighted by molar-refractivity contribution is 4.83. The van der Waals surface area contributed by atoms with Gasteiger partial charge in [-0.05, 0) is 63.3 Å². The molecule has 1 rings (SSSR count). The van der Waals surface area contributed by atoms with Gasteiger partial charge in [0, 0.05) is 0 Å². The third kappa shape index (κ3) is 5.27. The molecule has 2 nitrogen and oxygen atoms in total. The standard InChI is InChI=1S/C16H34N2/c1-5-18(6-2)13-9-12-17-14-15-10-7-8-11-16(15,3)4/h15,17H,5-14H2,1-4H3. The molecule has 0 radical (unpaired) electrons. The Balaban J connectivity index is 2.10. The third-order valence-electron chi connectivity index (χ3n) is 4.84. The molecule has 1 fully saturated rings. The highest BCUT2D eigenvalue weighted by Crippen LogP contribution is 2.39. The van der Waals surface area contributed by atoms with E-state index in [-0.39, 0.29) is 0 Å². The first kappa shape index (κ1) is 16.0. The van der Waals surface area contributed by atoms with E-state index in [1.807, 2.05) is 0 Å². The van der Waals surface area contributed by atoms with E-state index < -0.39 is 0 Å². The summed E-state index contributed by atoms with van der Waals surface area (Å²) in [7, 11) is 0. The molecular weight excluding hydrogens is 220 g/mol. The van der Waals surface area contributed by atoms with Crippen LogP contribution in [-0.2, 0) is 0 Å². The second kappa shape index (κ2) is 8.16.